The first-order chi connectivity index (χ1) is 16.7. The lowest BCUT2D eigenvalue weighted by molar-refractivity contribution is -0.120. The molecule has 0 heterocycles. The summed E-state index contributed by atoms with van der Waals surface area (Å²) in [5.41, 5.74) is 3.89. The Morgan fingerprint density at radius 1 is 0.971 bits per heavy atom. The van der Waals surface area contributed by atoms with E-state index in [0.29, 0.717) is 34.3 Å². The summed E-state index contributed by atoms with van der Waals surface area (Å²) in [6.45, 7) is 2.44. The number of aliphatic hydroxyl groups is 2. The fourth-order valence-corrected chi connectivity index (χ4v) is 4.08. The molecule has 0 radical (unpaired) electrons. The van der Waals surface area contributed by atoms with Gasteiger partial charge in [0.2, 0.25) is 5.91 Å². The zero-order valence-corrected chi connectivity index (χ0v) is 21.0. The highest BCUT2D eigenvalue weighted by atomic mass is 35.5. The maximum Gasteiger partial charge on any atom is 0.224 e. The Morgan fingerprint density at radius 2 is 1.74 bits per heavy atom. The van der Waals surface area contributed by atoms with Gasteiger partial charge >= 0.3 is 0 Å². The van der Waals surface area contributed by atoms with Crippen LogP contribution in [0.5, 0.6) is 5.75 Å². The average molecular weight is 517 g/mol. The monoisotopic (exact) mass is 516 g/mol. The van der Waals surface area contributed by atoms with Crippen LogP contribution in [-0.4, -0.2) is 33.8 Å². The Kier molecular flexibility index (Phi) is 9.95. The zero-order valence-electron chi connectivity index (χ0n) is 19.5. The Hall–Kier alpha value is -2.61. The minimum absolute atomic E-state index is 0.00715. The van der Waals surface area contributed by atoms with Crippen molar-refractivity contribution in [3.8, 4) is 5.75 Å². The number of hydrogen-bond acceptors (Lipinski definition) is 5. The van der Waals surface area contributed by atoms with E-state index in [1.165, 1.54) is 6.07 Å². The summed E-state index contributed by atoms with van der Waals surface area (Å²) in [6, 6.07) is 18.0. The third-order valence-corrected chi connectivity index (χ3v) is 6.43. The van der Waals surface area contributed by atoms with Crippen LogP contribution in [0, 0.1) is 0 Å². The molecule has 8 heteroatoms. The van der Waals surface area contributed by atoms with Gasteiger partial charge in [-0.1, -0.05) is 59.6 Å². The highest BCUT2D eigenvalue weighted by molar-refractivity contribution is 6.42. The molecule has 3 aromatic rings. The molecule has 6 nitrogen and oxygen atoms in total. The van der Waals surface area contributed by atoms with Crippen LogP contribution >= 0.6 is 23.2 Å². The predicted molar refractivity (Wildman–Crippen MR) is 139 cm³/mol. The van der Waals surface area contributed by atoms with Crippen LogP contribution in [0.3, 0.4) is 0 Å². The zero-order chi connectivity index (χ0) is 25.4. The minimum Gasteiger partial charge on any atom is -0.508 e. The molecule has 186 valence electrons. The van der Waals surface area contributed by atoms with Crippen molar-refractivity contribution in [2.45, 2.75) is 45.1 Å². The summed E-state index contributed by atoms with van der Waals surface area (Å²) in [5.74, 6) is -0.0774. The summed E-state index contributed by atoms with van der Waals surface area (Å²) < 4.78 is 0. The van der Waals surface area contributed by atoms with Crippen molar-refractivity contribution in [3.63, 3.8) is 0 Å². The predicted octanol–water partition coefficient (Wildman–Crippen LogP) is 4.30. The average Bonchev–Trinajstić information content (AvgIpc) is 2.83. The van der Waals surface area contributed by atoms with E-state index in [4.69, 9.17) is 23.2 Å². The van der Waals surface area contributed by atoms with Crippen LogP contribution in [0.2, 0.25) is 10.0 Å². The number of benzene rings is 3. The molecule has 3 aromatic carbocycles. The SMILES string of the molecule is C[C@H](Cc1cccc(CC(=O)NCc2ccc(Cl)c(Cl)c2)c1)NC[C@@H](O)c1ccc(O)c(CO)c1. The second kappa shape index (κ2) is 12.9. The molecule has 0 spiro atoms. The summed E-state index contributed by atoms with van der Waals surface area (Å²) in [6.07, 6.45) is 0.223. The van der Waals surface area contributed by atoms with E-state index < -0.39 is 6.10 Å². The number of halogens is 2. The molecular formula is C27H30Cl2N2O4. The van der Waals surface area contributed by atoms with Gasteiger partial charge in [0.25, 0.3) is 0 Å². The fraction of sp³-hybridized carbons (Fsp3) is 0.296. The van der Waals surface area contributed by atoms with Gasteiger partial charge in [0.15, 0.2) is 0 Å². The molecule has 0 saturated carbocycles. The summed E-state index contributed by atoms with van der Waals surface area (Å²) in [5, 5.41) is 36.6. The number of rotatable bonds is 11. The lowest BCUT2D eigenvalue weighted by Gasteiger charge is -2.18. The van der Waals surface area contributed by atoms with E-state index in [1.807, 2.05) is 37.3 Å². The number of hydrogen-bond donors (Lipinski definition) is 5. The van der Waals surface area contributed by atoms with Crippen molar-refractivity contribution in [3.05, 3.63) is 98.5 Å². The highest BCUT2D eigenvalue weighted by Gasteiger charge is 2.13. The van der Waals surface area contributed by atoms with E-state index in [1.54, 1.807) is 24.3 Å². The van der Waals surface area contributed by atoms with Crippen molar-refractivity contribution in [2.24, 2.45) is 0 Å². The maximum absolute atomic E-state index is 12.4. The Labute approximate surface area is 215 Å². The van der Waals surface area contributed by atoms with Crippen LogP contribution in [0.4, 0.5) is 0 Å². The van der Waals surface area contributed by atoms with Crippen molar-refractivity contribution in [1.82, 2.24) is 10.6 Å². The molecule has 35 heavy (non-hydrogen) atoms. The maximum atomic E-state index is 12.4. The molecule has 3 rings (SSSR count). The number of aliphatic hydroxyl groups excluding tert-OH is 2. The number of carbonyl (C=O) groups excluding carboxylic acids is 1. The van der Waals surface area contributed by atoms with Gasteiger partial charge in [-0.2, -0.15) is 0 Å². The number of nitrogens with one attached hydrogen (secondary N) is 2. The quantitative estimate of drug-likeness (QED) is 0.261. The molecule has 0 aliphatic heterocycles. The van der Waals surface area contributed by atoms with Gasteiger partial charge in [0, 0.05) is 24.7 Å². The van der Waals surface area contributed by atoms with E-state index in [9.17, 15) is 20.1 Å². The van der Waals surface area contributed by atoms with Gasteiger partial charge in [0.05, 0.1) is 29.2 Å². The molecule has 5 N–H and O–H groups in total. The lowest BCUT2D eigenvalue weighted by Crippen LogP contribution is -2.32. The number of aromatic hydroxyl groups is 1. The van der Waals surface area contributed by atoms with E-state index in [-0.39, 0.29) is 30.7 Å². The topological polar surface area (TPSA) is 102 Å². The third kappa shape index (κ3) is 8.23. The molecule has 0 fully saturated rings. The van der Waals surface area contributed by atoms with Crippen molar-refractivity contribution < 1.29 is 20.1 Å². The molecule has 0 saturated heterocycles. The van der Waals surface area contributed by atoms with Gasteiger partial charge in [0.1, 0.15) is 5.75 Å². The Balaban J connectivity index is 1.48. The molecular weight excluding hydrogens is 487 g/mol. The number of carbonyl (C=O) groups is 1. The van der Waals surface area contributed by atoms with Crippen LogP contribution in [-0.2, 0) is 30.8 Å². The molecule has 0 aliphatic rings. The molecule has 2 atom stereocenters. The second-order valence-corrected chi connectivity index (χ2v) is 9.41. The molecule has 1 amide bonds. The van der Waals surface area contributed by atoms with E-state index in [0.717, 1.165) is 23.1 Å². The first-order valence-corrected chi connectivity index (χ1v) is 12.1. The van der Waals surface area contributed by atoms with Gasteiger partial charge in [-0.25, -0.2) is 0 Å². The lowest BCUT2D eigenvalue weighted by atomic mass is 10.0. The van der Waals surface area contributed by atoms with Crippen LogP contribution in [0.1, 0.15) is 40.8 Å². The van der Waals surface area contributed by atoms with E-state index >= 15 is 0 Å². The molecule has 0 bridgehead atoms. The van der Waals surface area contributed by atoms with Crippen molar-refractivity contribution in [1.29, 1.82) is 0 Å². The van der Waals surface area contributed by atoms with Crippen molar-refractivity contribution >= 4 is 29.1 Å². The normalized spacial score (nSPS) is 12.8. The van der Waals surface area contributed by atoms with E-state index in [2.05, 4.69) is 10.6 Å². The van der Waals surface area contributed by atoms with Gasteiger partial charge in [-0.15, -0.1) is 0 Å². The summed E-state index contributed by atoms with van der Waals surface area (Å²) in [4.78, 5) is 12.4. The second-order valence-electron chi connectivity index (χ2n) is 8.60. The third-order valence-electron chi connectivity index (χ3n) is 5.69. The molecule has 0 unspecified atom stereocenters. The molecule has 0 aliphatic carbocycles. The molecule has 0 aromatic heterocycles. The van der Waals surface area contributed by atoms with Crippen molar-refractivity contribution in [2.75, 3.05) is 6.54 Å². The Bertz CT molecular complexity index is 1160. The first-order valence-electron chi connectivity index (χ1n) is 11.4. The fourth-order valence-electron chi connectivity index (χ4n) is 3.76. The number of amides is 1. The Morgan fingerprint density at radius 3 is 2.49 bits per heavy atom. The minimum atomic E-state index is -0.770. The van der Waals surface area contributed by atoms with Crippen LogP contribution < -0.4 is 10.6 Å². The van der Waals surface area contributed by atoms with Gasteiger partial charge in [-0.05, 0) is 59.9 Å². The van der Waals surface area contributed by atoms with Crippen LogP contribution in [0.25, 0.3) is 0 Å². The largest absolute Gasteiger partial charge is 0.508 e. The van der Waals surface area contributed by atoms with Gasteiger partial charge in [-0.3, -0.25) is 4.79 Å². The van der Waals surface area contributed by atoms with Crippen LogP contribution in [0.15, 0.2) is 60.7 Å². The summed E-state index contributed by atoms with van der Waals surface area (Å²) in [7, 11) is 0. The number of phenols is 1. The highest BCUT2D eigenvalue weighted by Crippen LogP contribution is 2.23. The standard InChI is InChI=1S/C27H30Cl2N2O4/c1-17(30-15-26(34)21-6-8-25(33)22(13-21)16-32)9-18-3-2-4-19(10-18)12-27(35)31-14-20-5-7-23(28)24(29)11-20/h2-8,10-11,13,17,26,30,32-34H,9,12,14-16H2,1H3,(H,31,35)/t17-,26-/m1/s1. The first kappa shape index (κ1) is 27.0. The summed E-state index contributed by atoms with van der Waals surface area (Å²) >= 11 is 12.0. The van der Waals surface area contributed by atoms with Gasteiger partial charge < -0.3 is 26.0 Å². The smallest absolute Gasteiger partial charge is 0.224 e.